The summed E-state index contributed by atoms with van der Waals surface area (Å²) in [6.45, 7) is 11.8. The fourth-order valence-corrected chi connectivity index (χ4v) is 4.66. The number of carbonyl (C=O) groups excluding carboxylic acids is 1. The predicted molar refractivity (Wildman–Crippen MR) is 145 cm³/mol. The Morgan fingerprint density at radius 1 is 0.977 bits per heavy atom. The third-order valence-corrected chi connectivity index (χ3v) is 6.99. The summed E-state index contributed by atoms with van der Waals surface area (Å²) in [5.41, 5.74) is 3.01. The number of carboxylic acids is 2. The van der Waals surface area contributed by atoms with Gasteiger partial charge in [-0.05, 0) is 62.7 Å². The van der Waals surface area contributed by atoms with E-state index in [1.54, 1.807) is 0 Å². The lowest BCUT2D eigenvalue weighted by Crippen LogP contribution is -2.42. The number of nitrogens with one attached hydrogen (secondary N) is 1. The lowest BCUT2D eigenvalue weighted by molar-refractivity contribution is -0.193. The van der Waals surface area contributed by atoms with Crippen LogP contribution in [0.25, 0.3) is 0 Å². The van der Waals surface area contributed by atoms with Crippen molar-refractivity contribution in [1.29, 1.82) is 0 Å². The first-order chi connectivity index (χ1) is 20.3. The molecule has 246 valence electrons. The lowest BCUT2D eigenvalue weighted by atomic mass is 9.77. The summed E-state index contributed by atoms with van der Waals surface area (Å²) in [6, 6.07) is 10.3. The van der Waals surface area contributed by atoms with Crippen molar-refractivity contribution in [1.82, 2.24) is 20.0 Å². The van der Waals surface area contributed by atoms with Gasteiger partial charge in [0, 0.05) is 30.9 Å². The maximum atomic E-state index is 12.8. The second-order valence-corrected chi connectivity index (χ2v) is 11.1. The van der Waals surface area contributed by atoms with E-state index >= 15 is 0 Å². The number of halogens is 6. The Labute approximate surface area is 250 Å². The minimum Gasteiger partial charge on any atom is -0.493 e. The zero-order chi connectivity index (χ0) is 33.3. The Balaban J connectivity index is 0.000000402. The van der Waals surface area contributed by atoms with Crippen molar-refractivity contribution in [2.45, 2.75) is 58.9 Å². The largest absolute Gasteiger partial charge is 0.493 e. The van der Waals surface area contributed by atoms with Crippen LogP contribution in [0, 0.1) is 18.3 Å². The molecular weight excluding hydrogens is 602 g/mol. The number of aromatic amines is 1. The number of para-hydroxylation sites is 1. The molecule has 0 aliphatic carbocycles. The molecule has 0 saturated carbocycles. The number of H-pyrrole nitrogens is 1. The van der Waals surface area contributed by atoms with Crippen LogP contribution in [0.5, 0.6) is 5.75 Å². The van der Waals surface area contributed by atoms with Crippen LogP contribution in [0.4, 0.5) is 26.3 Å². The summed E-state index contributed by atoms with van der Waals surface area (Å²) in [4.78, 5) is 35.1. The van der Waals surface area contributed by atoms with Crippen molar-refractivity contribution in [2.75, 3.05) is 32.8 Å². The maximum absolute atomic E-state index is 12.8. The quantitative estimate of drug-likeness (QED) is 0.370. The van der Waals surface area contributed by atoms with Gasteiger partial charge in [-0.25, -0.2) is 9.59 Å². The van der Waals surface area contributed by atoms with Crippen molar-refractivity contribution in [3.63, 3.8) is 0 Å². The highest BCUT2D eigenvalue weighted by Crippen LogP contribution is 2.41. The number of aromatic nitrogens is 2. The van der Waals surface area contributed by atoms with Gasteiger partial charge in [-0.3, -0.25) is 14.8 Å². The molecule has 0 bridgehead atoms. The number of amides is 1. The van der Waals surface area contributed by atoms with Crippen LogP contribution in [-0.2, 0) is 16.1 Å². The highest BCUT2D eigenvalue weighted by molar-refractivity contribution is 5.92. The molecule has 1 aromatic carbocycles. The number of piperidine rings is 1. The normalized spacial score (nSPS) is 16.5. The van der Waals surface area contributed by atoms with E-state index in [4.69, 9.17) is 24.5 Å². The zero-order valence-corrected chi connectivity index (χ0v) is 24.5. The number of benzene rings is 1. The molecule has 1 aromatic heterocycles. The number of nitrogens with zero attached hydrogens (tertiary/aromatic N) is 3. The van der Waals surface area contributed by atoms with Gasteiger partial charge in [0.05, 0.1) is 6.61 Å². The van der Waals surface area contributed by atoms with Gasteiger partial charge in [-0.1, -0.05) is 32.0 Å². The Kier molecular flexibility index (Phi) is 12.6. The van der Waals surface area contributed by atoms with Crippen molar-refractivity contribution in [3.05, 3.63) is 47.3 Å². The molecule has 2 saturated heterocycles. The van der Waals surface area contributed by atoms with Crippen molar-refractivity contribution in [3.8, 4) is 5.75 Å². The molecule has 3 heterocycles. The number of alkyl halides is 6. The molecule has 2 aliphatic heterocycles. The minimum atomic E-state index is -5.08. The smallest absolute Gasteiger partial charge is 0.490 e. The number of aliphatic carboxylic acids is 2. The summed E-state index contributed by atoms with van der Waals surface area (Å²) in [6.07, 6.45) is -6.78. The van der Waals surface area contributed by atoms with Gasteiger partial charge >= 0.3 is 24.3 Å². The molecule has 10 nitrogen and oxygen atoms in total. The first kappa shape index (κ1) is 36.4. The van der Waals surface area contributed by atoms with Crippen LogP contribution in [0.1, 0.15) is 54.9 Å². The van der Waals surface area contributed by atoms with E-state index in [-0.39, 0.29) is 11.3 Å². The summed E-state index contributed by atoms with van der Waals surface area (Å²) >= 11 is 0. The molecular formula is C28H36F6N4O6. The molecule has 2 aromatic rings. The number of carbonyl (C=O) groups is 3. The van der Waals surface area contributed by atoms with Crippen LogP contribution < -0.4 is 4.74 Å². The first-order valence-electron chi connectivity index (χ1n) is 13.7. The van der Waals surface area contributed by atoms with E-state index < -0.39 is 24.3 Å². The van der Waals surface area contributed by atoms with Crippen molar-refractivity contribution in [2.24, 2.45) is 11.3 Å². The molecule has 4 rings (SSSR count). The monoisotopic (exact) mass is 638 g/mol. The summed E-state index contributed by atoms with van der Waals surface area (Å²) < 4.78 is 69.5. The van der Waals surface area contributed by atoms with Crippen LogP contribution in [0.3, 0.4) is 0 Å². The van der Waals surface area contributed by atoms with Crippen LogP contribution in [0.2, 0.25) is 0 Å². The van der Waals surface area contributed by atoms with Gasteiger partial charge in [0.15, 0.2) is 0 Å². The number of likely N-dealkylation sites (tertiary alicyclic amines) is 2. The minimum absolute atomic E-state index is 0.0647. The van der Waals surface area contributed by atoms with Crippen molar-refractivity contribution >= 4 is 17.8 Å². The van der Waals surface area contributed by atoms with E-state index in [1.807, 2.05) is 17.9 Å². The number of carboxylic acid groups (broad SMARTS) is 2. The van der Waals surface area contributed by atoms with E-state index in [9.17, 15) is 31.1 Å². The lowest BCUT2D eigenvalue weighted by Gasteiger charge is -2.39. The van der Waals surface area contributed by atoms with E-state index in [1.165, 1.54) is 5.56 Å². The van der Waals surface area contributed by atoms with Crippen molar-refractivity contribution < 1.29 is 55.7 Å². The molecule has 0 radical (unpaired) electrons. The van der Waals surface area contributed by atoms with Gasteiger partial charge in [-0.2, -0.15) is 31.4 Å². The fraction of sp³-hybridized carbons (Fsp3) is 0.571. The topological polar surface area (TPSA) is 136 Å². The van der Waals surface area contributed by atoms with Gasteiger partial charge in [0.2, 0.25) is 0 Å². The zero-order valence-electron chi connectivity index (χ0n) is 24.5. The fourth-order valence-electron chi connectivity index (χ4n) is 4.66. The second kappa shape index (κ2) is 15.3. The first-order valence-corrected chi connectivity index (χ1v) is 13.7. The molecule has 1 spiro atoms. The number of hydrogen-bond acceptors (Lipinski definition) is 6. The van der Waals surface area contributed by atoms with E-state index in [0.717, 1.165) is 70.0 Å². The molecule has 2 aliphatic rings. The molecule has 3 N–H and O–H groups in total. The van der Waals surface area contributed by atoms with Gasteiger partial charge in [0.1, 0.15) is 11.4 Å². The molecule has 0 unspecified atom stereocenters. The van der Waals surface area contributed by atoms with Crippen LogP contribution >= 0.6 is 0 Å². The average molecular weight is 639 g/mol. The van der Waals surface area contributed by atoms with Gasteiger partial charge in [0.25, 0.3) is 5.91 Å². The van der Waals surface area contributed by atoms with Crippen LogP contribution in [0.15, 0.2) is 30.3 Å². The van der Waals surface area contributed by atoms with E-state index in [2.05, 4.69) is 53.2 Å². The highest BCUT2D eigenvalue weighted by atomic mass is 19.4. The Bertz CT molecular complexity index is 1230. The SMILES string of the molecule is Cc1cc(C(=O)N2CCC3(CCN(Cc4ccccc4OCC(C)C)CC3)C2)n[nH]1.O=C(O)C(F)(F)F.O=C(O)C(F)(F)F. The van der Waals surface area contributed by atoms with Crippen LogP contribution in [-0.4, -0.2) is 93.2 Å². The standard InChI is InChI=1S/C24H34N4O2.2C2HF3O2/c1-18(2)16-30-22-7-5-4-6-20(22)15-27-11-8-24(9-12-27)10-13-28(17-24)23(29)21-14-19(3)25-26-21;2*3-2(4,5)1(6)7/h4-7,14,18H,8-13,15-17H2,1-3H3,(H,25,26);2*(H,6,7). The third-order valence-electron chi connectivity index (χ3n) is 6.99. The highest BCUT2D eigenvalue weighted by Gasteiger charge is 2.42. The second-order valence-electron chi connectivity index (χ2n) is 11.1. The predicted octanol–water partition coefficient (Wildman–Crippen LogP) is 5.15. The number of ether oxygens (including phenoxy) is 1. The Morgan fingerprint density at radius 3 is 1.98 bits per heavy atom. The Morgan fingerprint density at radius 2 is 1.50 bits per heavy atom. The average Bonchev–Trinajstić information content (AvgIpc) is 3.55. The summed E-state index contributed by atoms with van der Waals surface area (Å²) in [7, 11) is 0. The summed E-state index contributed by atoms with van der Waals surface area (Å²) in [5, 5.41) is 21.3. The maximum Gasteiger partial charge on any atom is 0.490 e. The third kappa shape index (κ3) is 11.4. The molecule has 0 atom stereocenters. The summed E-state index contributed by atoms with van der Waals surface area (Å²) in [5.74, 6) is -3.92. The number of hydrogen-bond donors (Lipinski definition) is 3. The molecule has 1 amide bonds. The molecule has 16 heteroatoms. The van der Waals surface area contributed by atoms with Gasteiger partial charge in [-0.15, -0.1) is 0 Å². The molecule has 44 heavy (non-hydrogen) atoms. The number of rotatable bonds is 6. The van der Waals surface area contributed by atoms with Gasteiger partial charge < -0.3 is 19.8 Å². The number of aryl methyl sites for hydroxylation is 1. The molecule has 2 fully saturated rings. The van der Waals surface area contributed by atoms with E-state index in [0.29, 0.717) is 11.6 Å². The Hall–Kier alpha value is -3.82.